The molecule has 0 amide bonds. The first-order valence-electron chi connectivity index (χ1n) is 5.50. The topological polar surface area (TPSA) is 105 Å². The lowest BCUT2D eigenvalue weighted by Crippen LogP contribution is -1.99. The van der Waals surface area contributed by atoms with Crippen molar-refractivity contribution in [2.24, 2.45) is 0 Å². The number of rotatable bonds is 2. The minimum Gasteiger partial charge on any atom is -0.477 e. The second-order valence-corrected chi connectivity index (χ2v) is 5.15. The molecular formula is C13H13NO5S. The normalized spacial score (nSPS) is 10.3. The highest BCUT2D eigenvalue weighted by Gasteiger charge is 2.10. The van der Waals surface area contributed by atoms with Crippen LogP contribution in [0.3, 0.4) is 0 Å². The van der Waals surface area contributed by atoms with Crippen molar-refractivity contribution >= 4 is 16.1 Å². The highest BCUT2D eigenvalue weighted by Crippen LogP contribution is 2.12. The standard InChI is InChI=1S/C7H8O3S.C6H5NO2/c1-6-4-2-3-5-7(6)11(8,9)10;8-6(9)5-3-1-2-4-7-5/h2-5H,1H3,(H,8,9,10);1-4H,(H,8,9). The highest BCUT2D eigenvalue weighted by atomic mass is 32.2. The van der Waals surface area contributed by atoms with Crippen LogP contribution in [-0.2, 0) is 10.1 Å². The fraction of sp³-hybridized carbons (Fsp3) is 0.0769. The van der Waals surface area contributed by atoms with Gasteiger partial charge in [-0.2, -0.15) is 8.42 Å². The molecule has 2 aromatic rings. The zero-order valence-electron chi connectivity index (χ0n) is 10.6. The summed E-state index contributed by atoms with van der Waals surface area (Å²) in [6.45, 7) is 1.63. The van der Waals surface area contributed by atoms with Gasteiger partial charge in [-0.25, -0.2) is 9.78 Å². The Morgan fingerprint density at radius 1 is 1.10 bits per heavy atom. The van der Waals surface area contributed by atoms with E-state index >= 15 is 0 Å². The number of nitrogens with zero attached hydrogens (tertiary/aromatic N) is 1. The van der Waals surface area contributed by atoms with Crippen LogP contribution in [0.25, 0.3) is 0 Å². The molecular weight excluding hydrogens is 282 g/mol. The van der Waals surface area contributed by atoms with Crippen LogP contribution in [0.4, 0.5) is 0 Å². The van der Waals surface area contributed by atoms with Crippen LogP contribution >= 0.6 is 0 Å². The van der Waals surface area contributed by atoms with Crippen LogP contribution in [-0.4, -0.2) is 29.0 Å². The van der Waals surface area contributed by atoms with E-state index < -0.39 is 16.1 Å². The molecule has 1 aromatic carbocycles. The lowest BCUT2D eigenvalue weighted by molar-refractivity contribution is 0.0690. The van der Waals surface area contributed by atoms with Gasteiger partial charge in [0, 0.05) is 6.20 Å². The first-order valence-corrected chi connectivity index (χ1v) is 6.94. The number of benzene rings is 1. The Labute approximate surface area is 116 Å². The van der Waals surface area contributed by atoms with Gasteiger partial charge in [-0.05, 0) is 30.7 Å². The number of aromatic nitrogens is 1. The first-order chi connectivity index (χ1) is 9.32. The van der Waals surface area contributed by atoms with Crippen LogP contribution < -0.4 is 0 Å². The maximum absolute atomic E-state index is 10.6. The van der Waals surface area contributed by atoms with Gasteiger partial charge in [-0.1, -0.05) is 24.3 Å². The zero-order chi connectivity index (χ0) is 15.2. The third kappa shape index (κ3) is 4.79. The SMILES string of the molecule is Cc1ccccc1S(=O)(=O)O.O=C(O)c1ccccn1. The molecule has 7 heteroatoms. The second kappa shape index (κ2) is 6.78. The fourth-order valence-corrected chi connectivity index (χ4v) is 2.06. The van der Waals surface area contributed by atoms with Gasteiger partial charge in [-0.15, -0.1) is 0 Å². The third-order valence-corrected chi connectivity index (χ3v) is 3.27. The Kier molecular flexibility index (Phi) is 5.36. The van der Waals surface area contributed by atoms with Gasteiger partial charge in [0.1, 0.15) is 5.69 Å². The summed E-state index contributed by atoms with van der Waals surface area (Å²) in [6, 6.07) is 11.0. The van der Waals surface area contributed by atoms with Crippen molar-refractivity contribution in [1.29, 1.82) is 0 Å². The number of hydrogen-bond donors (Lipinski definition) is 2. The predicted molar refractivity (Wildman–Crippen MR) is 72.2 cm³/mol. The molecule has 0 aliphatic carbocycles. The third-order valence-electron chi connectivity index (χ3n) is 2.26. The summed E-state index contributed by atoms with van der Waals surface area (Å²) in [4.78, 5) is 13.7. The Hall–Kier alpha value is -2.25. The predicted octanol–water partition coefficient (Wildman–Crippen LogP) is 2.02. The van der Waals surface area contributed by atoms with Gasteiger partial charge in [-0.3, -0.25) is 4.55 Å². The number of aryl methyl sites for hydroxylation is 1. The molecule has 106 valence electrons. The van der Waals surface area contributed by atoms with Crippen molar-refractivity contribution in [2.45, 2.75) is 11.8 Å². The molecule has 6 nitrogen and oxygen atoms in total. The Bertz CT molecular complexity index is 683. The number of hydrogen-bond acceptors (Lipinski definition) is 4. The molecule has 2 N–H and O–H groups in total. The van der Waals surface area contributed by atoms with E-state index in [1.165, 1.54) is 18.3 Å². The summed E-state index contributed by atoms with van der Waals surface area (Å²) in [5.74, 6) is -0.990. The van der Waals surface area contributed by atoms with Crippen LogP contribution in [0.1, 0.15) is 16.1 Å². The van der Waals surface area contributed by atoms with E-state index in [-0.39, 0.29) is 10.6 Å². The van der Waals surface area contributed by atoms with E-state index in [2.05, 4.69) is 4.98 Å². The van der Waals surface area contributed by atoms with Crippen molar-refractivity contribution in [3.63, 3.8) is 0 Å². The number of aromatic carboxylic acids is 1. The van der Waals surface area contributed by atoms with Crippen LogP contribution in [0, 0.1) is 6.92 Å². The number of pyridine rings is 1. The summed E-state index contributed by atoms with van der Waals surface area (Å²) in [6.07, 6.45) is 1.45. The quantitative estimate of drug-likeness (QED) is 0.821. The van der Waals surface area contributed by atoms with Gasteiger partial charge < -0.3 is 5.11 Å². The fourth-order valence-electron chi connectivity index (χ4n) is 1.34. The summed E-state index contributed by atoms with van der Waals surface area (Å²) in [5.41, 5.74) is 0.632. The van der Waals surface area contributed by atoms with Gasteiger partial charge in [0.2, 0.25) is 0 Å². The zero-order valence-corrected chi connectivity index (χ0v) is 11.4. The van der Waals surface area contributed by atoms with Crippen molar-refractivity contribution in [2.75, 3.05) is 0 Å². The smallest absolute Gasteiger partial charge is 0.354 e. The molecule has 1 aromatic heterocycles. The minimum absolute atomic E-state index is 0.0278. The molecule has 2 rings (SSSR count). The van der Waals surface area contributed by atoms with Crippen LogP contribution in [0.15, 0.2) is 53.6 Å². The molecule has 0 atom stereocenters. The summed E-state index contributed by atoms with van der Waals surface area (Å²) < 4.78 is 29.9. The van der Waals surface area contributed by atoms with Crippen molar-refractivity contribution in [1.82, 2.24) is 4.98 Å². The van der Waals surface area contributed by atoms with Gasteiger partial charge >= 0.3 is 5.97 Å². The van der Waals surface area contributed by atoms with Gasteiger partial charge in [0.25, 0.3) is 10.1 Å². The molecule has 0 aliphatic rings. The monoisotopic (exact) mass is 295 g/mol. The Morgan fingerprint density at radius 2 is 1.70 bits per heavy atom. The van der Waals surface area contributed by atoms with Crippen molar-refractivity contribution in [3.8, 4) is 0 Å². The van der Waals surface area contributed by atoms with E-state index in [0.29, 0.717) is 5.56 Å². The van der Waals surface area contributed by atoms with E-state index in [1.54, 1.807) is 37.3 Å². The second-order valence-electron chi connectivity index (χ2n) is 3.76. The molecule has 0 fully saturated rings. The lowest BCUT2D eigenvalue weighted by atomic mass is 10.2. The molecule has 0 aliphatic heterocycles. The average Bonchev–Trinajstić information content (AvgIpc) is 2.39. The lowest BCUT2D eigenvalue weighted by Gasteiger charge is -1.99. The molecule has 1 heterocycles. The number of carboxylic acids is 1. The minimum atomic E-state index is -4.03. The Morgan fingerprint density at radius 3 is 2.05 bits per heavy atom. The first kappa shape index (κ1) is 15.8. The van der Waals surface area contributed by atoms with E-state index in [9.17, 15) is 13.2 Å². The average molecular weight is 295 g/mol. The summed E-state index contributed by atoms with van der Waals surface area (Å²) in [7, 11) is -4.03. The van der Waals surface area contributed by atoms with Gasteiger partial charge in [0.05, 0.1) is 4.90 Å². The van der Waals surface area contributed by atoms with Gasteiger partial charge in [0.15, 0.2) is 0 Å². The largest absolute Gasteiger partial charge is 0.477 e. The Balaban J connectivity index is 0.000000204. The number of carboxylic acid groups (broad SMARTS) is 1. The van der Waals surface area contributed by atoms with Crippen LogP contribution in [0.5, 0.6) is 0 Å². The van der Waals surface area contributed by atoms with E-state index in [0.717, 1.165) is 0 Å². The molecule has 0 saturated carbocycles. The maximum atomic E-state index is 10.6. The van der Waals surface area contributed by atoms with Crippen molar-refractivity contribution in [3.05, 3.63) is 59.9 Å². The molecule has 20 heavy (non-hydrogen) atoms. The number of carbonyl (C=O) groups is 1. The maximum Gasteiger partial charge on any atom is 0.354 e. The van der Waals surface area contributed by atoms with E-state index in [1.807, 2.05) is 0 Å². The molecule has 0 unspecified atom stereocenters. The summed E-state index contributed by atoms with van der Waals surface area (Å²) >= 11 is 0. The van der Waals surface area contributed by atoms with Crippen LogP contribution in [0.2, 0.25) is 0 Å². The molecule has 0 saturated heterocycles. The summed E-state index contributed by atoms with van der Waals surface area (Å²) in [5, 5.41) is 8.32. The molecule has 0 bridgehead atoms. The highest BCUT2D eigenvalue weighted by molar-refractivity contribution is 7.85. The van der Waals surface area contributed by atoms with Crippen molar-refractivity contribution < 1.29 is 22.9 Å². The van der Waals surface area contributed by atoms with E-state index in [4.69, 9.17) is 9.66 Å². The molecule has 0 spiro atoms. The molecule has 0 radical (unpaired) electrons.